The fraction of sp³-hybridized carbons (Fsp3) is 0.263. The number of hydrogen-bond acceptors (Lipinski definition) is 5. The third-order valence-corrected chi connectivity index (χ3v) is 6.28. The van der Waals surface area contributed by atoms with Gasteiger partial charge in [-0.25, -0.2) is 4.98 Å². The number of halogens is 3. The van der Waals surface area contributed by atoms with E-state index in [-0.39, 0.29) is 5.91 Å². The van der Waals surface area contributed by atoms with Gasteiger partial charge in [0.2, 0.25) is 0 Å². The Morgan fingerprint density at radius 3 is 3.00 bits per heavy atom. The third kappa shape index (κ3) is 4.11. The summed E-state index contributed by atoms with van der Waals surface area (Å²) in [5.74, 6) is -0.223. The van der Waals surface area contributed by atoms with Crippen molar-refractivity contribution in [2.24, 2.45) is 0 Å². The van der Waals surface area contributed by atoms with E-state index in [1.165, 1.54) is 28.7 Å². The Bertz CT molecular complexity index is 1010. The highest BCUT2D eigenvalue weighted by Crippen LogP contribution is 2.31. The highest BCUT2D eigenvalue weighted by molar-refractivity contribution is 7.15. The SMILES string of the molecule is O=C(Nc1ncc(Cc2cccc(C(F)(F)F)c2)s1)c1csc2c1CCOC2. The Kier molecular flexibility index (Phi) is 5.22. The van der Waals surface area contributed by atoms with Crippen LogP contribution in [0, 0.1) is 0 Å². The molecule has 146 valence electrons. The predicted molar refractivity (Wildman–Crippen MR) is 102 cm³/mol. The summed E-state index contributed by atoms with van der Waals surface area (Å²) in [4.78, 5) is 18.6. The van der Waals surface area contributed by atoms with Crippen LogP contribution < -0.4 is 5.32 Å². The summed E-state index contributed by atoms with van der Waals surface area (Å²) in [6.07, 6.45) is -1.76. The Labute approximate surface area is 167 Å². The molecule has 4 nitrogen and oxygen atoms in total. The molecule has 0 atom stereocenters. The van der Waals surface area contributed by atoms with Crippen molar-refractivity contribution < 1.29 is 22.7 Å². The van der Waals surface area contributed by atoms with E-state index in [0.717, 1.165) is 27.5 Å². The number of carbonyl (C=O) groups is 1. The van der Waals surface area contributed by atoms with Gasteiger partial charge < -0.3 is 4.74 Å². The van der Waals surface area contributed by atoms with Crippen LogP contribution in [0.15, 0.2) is 35.8 Å². The zero-order valence-electron chi connectivity index (χ0n) is 14.5. The summed E-state index contributed by atoms with van der Waals surface area (Å²) < 4.78 is 43.9. The first kappa shape index (κ1) is 19.1. The third-order valence-electron chi connectivity index (χ3n) is 4.36. The number of thiazole rings is 1. The summed E-state index contributed by atoms with van der Waals surface area (Å²) in [5, 5.41) is 5.05. The zero-order chi connectivity index (χ0) is 19.7. The molecule has 0 bridgehead atoms. The molecule has 3 heterocycles. The van der Waals surface area contributed by atoms with E-state index < -0.39 is 11.7 Å². The second-order valence-electron chi connectivity index (χ2n) is 6.31. The van der Waals surface area contributed by atoms with Crippen LogP contribution in [0.3, 0.4) is 0 Å². The number of aromatic nitrogens is 1. The van der Waals surface area contributed by atoms with Gasteiger partial charge in [-0.15, -0.1) is 22.7 Å². The average molecular weight is 424 g/mol. The number of nitrogens with zero attached hydrogens (tertiary/aromatic N) is 1. The van der Waals surface area contributed by atoms with Crippen LogP contribution in [-0.4, -0.2) is 17.5 Å². The Hall–Kier alpha value is -2.23. The van der Waals surface area contributed by atoms with E-state index >= 15 is 0 Å². The lowest BCUT2D eigenvalue weighted by Gasteiger charge is -2.13. The topological polar surface area (TPSA) is 51.2 Å². The van der Waals surface area contributed by atoms with Gasteiger partial charge in [0.25, 0.3) is 5.91 Å². The van der Waals surface area contributed by atoms with E-state index in [1.54, 1.807) is 12.3 Å². The van der Waals surface area contributed by atoms with Crippen molar-refractivity contribution in [3.05, 3.63) is 67.9 Å². The highest BCUT2D eigenvalue weighted by Gasteiger charge is 2.30. The van der Waals surface area contributed by atoms with E-state index in [1.807, 2.05) is 5.38 Å². The fourth-order valence-electron chi connectivity index (χ4n) is 3.02. The molecule has 9 heteroatoms. The number of nitrogens with one attached hydrogen (secondary N) is 1. The number of carbonyl (C=O) groups excluding carboxylic acids is 1. The quantitative estimate of drug-likeness (QED) is 0.631. The van der Waals surface area contributed by atoms with Gasteiger partial charge in [0, 0.05) is 27.8 Å². The second-order valence-corrected chi connectivity index (χ2v) is 8.39. The minimum Gasteiger partial charge on any atom is -0.376 e. The Morgan fingerprint density at radius 1 is 1.32 bits per heavy atom. The van der Waals surface area contributed by atoms with Crippen LogP contribution in [0.5, 0.6) is 0 Å². The normalized spacial score (nSPS) is 14.0. The standard InChI is InChI=1S/C19H15F3N2O2S2/c20-19(21,22)12-3-1-2-11(6-12)7-13-8-23-18(28-13)24-17(25)15-10-27-16-9-26-5-4-14(15)16/h1-3,6,8,10H,4-5,7,9H2,(H,23,24,25). The van der Waals surface area contributed by atoms with E-state index in [9.17, 15) is 18.0 Å². The van der Waals surface area contributed by atoms with Gasteiger partial charge >= 0.3 is 6.18 Å². The molecule has 1 amide bonds. The molecular formula is C19H15F3N2O2S2. The molecule has 1 N–H and O–H groups in total. The summed E-state index contributed by atoms with van der Waals surface area (Å²) in [6.45, 7) is 1.13. The van der Waals surface area contributed by atoms with Crippen molar-refractivity contribution in [2.45, 2.75) is 25.6 Å². The van der Waals surface area contributed by atoms with Crippen LogP contribution in [0.1, 0.15) is 36.8 Å². The van der Waals surface area contributed by atoms with Gasteiger partial charge in [0.1, 0.15) is 0 Å². The molecule has 0 unspecified atom stereocenters. The molecule has 0 radical (unpaired) electrons. The van der Waals surface area contributed by atoms with Crippen molar-refractivity contribution in [1.82, 2.24) is 4.98 Å². The molecule has 0 spiro atoms. The predicted octanol–water partition coefficient (Wildman–Crippen LogP) is 5.14. The van der Waals surface area contributed by atoms with Gasteiger partial charge in [-0.05, 0) is 23.6 Å². The molecule has 1 aliphatic rings. The van der Waals surface area contributed by atoms with Crippen LogP contribution in [0.4, 0.5) is 18.3 Å². The van der Waals surface area contributed by atoms with Crippen molar-refractivity contribution in [2.75, 3.05) is 11.9 Å². The molecule has 1 aliphatic heterocycles. The summed E-state index contributed by atoms with van der Waals surface area (Å²) in [6, 6.07) is 5.23. The number of anilines is 1. The Morgan fingerprint density at radius 2 is 2.18 bits per heavy atom. The molecule has 4 rings (SSSR count). The van der Waals surface area contributed by atoms with Crippen LogP contribution in [-0.2, 0) is 30.4 Å². The lowest BCUT2D eigenvalue weighted by atomic mass is 10.1. The monoisotopic (exact) mass is 424 g/mol. The largest absolute Gasteiger partial charge is 0.416 e. The number of benzene rings is 1. The summed E-state index contributed by atoms with van der Waals surface area (Å²) >= 11 is 2.76. The minimum absolute atomic E-state index is 0.223. The molecule has 0 aliphatic carbocycles. The first-order valence-electron chi connectivity index (χ1n) is 8.49. The van der Waals surface area contributed by atoms with Gasteiger partial charge in [-0.1, -0.05) is 18.2 Å². The highest BCUT2D eigenvalue weighted by atomic mass is 32.1. The molecule has 0 saturated carbocycles. The maximum Gasteiger partial charge on any atom is 0.416 e. The number of ether oxygens (including phenoxy) is 1. The first-order chi connectivity index (χ1) is 13.4. The minimum atomic E-state index is -4.37. The molecule has 0 fully saturated rings. The van der Waals surface area contributed by atoms with E-state index in [4.69, 9.17) is 4.74 Å². The average Bonchev–Trinajstić information content (AvgIpc) is 3.28. The Balaban J connectivity index is 1.45. The number of hydrogen-bond donors (Lipinski definition) is 1. The van der Waals surface area contributed by atoms with Crippen molar-refractivity contribution >= 4 is 33.7 Å². The number of alkyl halides is 3. The van der Waals surface area contributed by atoms with Crippen molar-refractivity contribution in [1.29, 1.82) is 0 Å². The lowest BCUT2D eigenvalue weighted by Crippen LogP contribution is -2.16. The number of thiophene rings is 1. The zero-order valence-corrected chi connectivity index (χ0v) is 16.1. The molecule has 1 aromatic carbocycles. The van der Waals surface area contributed by atoms with Crippen LogP contribution >= 0.6 is 22.7 Å². The number of rotatable bonds is 4. The number of amides is 1. The molecular weight excluding hydrogens is 409 g/mol. The maximum absolute atomic E-state index is 12.8. The second kappa shape index (κ2) is 7.65. The molecule has 2 aromatic heterocycles. The maximum atomic E-state index is 12.8. The lowest BCUT2D eigenvalue weighted by molar-refractivity contribution is -0.137. The first-order valence-corrected chi connectivity index (χ1v) is 10.2. The van der Waals surface area contributed by atoms with Crippen LogP contribution in [0.2, 0.25) is 0 Å². The van der Waals surface area contributed by atoms with E-state index in [0.29, 0.717) is 42.3 Å². The van der Waals surface area contributed by atoms with Crippen molar-refractivity contribution in [3.63, 3.8) is 0 Å². The van der Waals surface area contributed by atoms with E-state index in [2.05, 4.69) is 10.3 Å². The molecule has 0 saturated heterocycles. The van der Waals surface area contributed by atoms with Crippen molar-refractivity contribution in [3.8, 4) is 0 Å². The van der Waals surface area contributed by atoms with Gasteiger partial charge in [0.15, 0.2) is 5.13 Å². The number of fused-ring (bicyclic) bond motifs is 1. The van der Waals surface area contributed by atoms with Gasteiger partial charge in [-0.2, -0.15) is 13.2 Å². The fourth-order valence-corrected chi connectivity index (χ4v) is 4.87. The van der Waals surface area contributed by atoms with Gasteiger partial charge in [0.05, 0.1) is 24.3 Å². The summed E-state index contributed by atoms with van der Waals surface area (Å²) in [5.41, 5.74) is 1.53. The molecule has 3 aromatic rings. The summed E-state index contributed by atoms with van der Waals surface area (Å²) in [7, 11) is 0. The van der Waals surface area contributed by atoms with Crippen LogP contribution in [0.25, 0.3) is 0 Å². The van der Waals surface area contributed by atoms with Gasteiger partial charge in [-0.3, -0.25) is 10.1 Å². The smallest absolute Gasteiger partial charge is 0.376 e. The molecule has 28 heavy (non-hydrogen) atoms.